The van der Waals surface area contributed by atoms with Crippen LogP contribution in [0.2, 0.25) is 0 Å². The minimum Gasteiger partial charge on any atom is -0.278 e. The zero-order valence-corrected chi connectivity index (χ0v) is 26.3. The molecule has 2 heterocycles. The molecule has 0 bridgehead atoms. The first kappa shape index (κ1) is 26.4. The summed E-state index contributed by atoms with van der Waals surface area (Å²) < 4.78 is 2.24. The van der Waals surface area contributed by atoms with Gasteiger partial charge in [-0.05, 0) is 72.8 Å². The summed E-state index contributed by atoms with van der Waals surface area (Å²) in [5.41, 5.74) is 9.02. The molecule has 0 spiro atoms. The summed E-state index contributed by atoms with van der Waals surface area (Å²) >= 11 is 0. The van der Waals surface area contributed by atoms with Crippen LogP contribution in [0.25, 0.3) is 105 Å². The van der Waals surface area contributed by atoms with Crippen molar-refractivity contribution in [2.45, 2.75) is 0 Å². The lowest BCUT2D eigenvalue weighted by Crippen LogP contribution is -2.06. The lowest BCUT2D eigenvalue weighted by molar-refractivity contribution is 0.954. The molecule has 8 aromatic carbocycles. The van der Waals surface area contributed by atoms with E-state index in [4.69, 9.17) is 15.0 Å². The summed E-state index contributed by atoms with van der Waals surface area (Å²) in [6.07, 6.45) is 0. The molecule has 0 fully saturated rings. The highest BCUT2D eigenvalue weighted by Gasteiger charge is 2.26. The summed E-state index contributed by atoms with van der Waals surface area (Å²) in [6.45, 7) is 0. The molecule has 1 aliphatic carbocycles. The van der Waals surface area contributed by atoms with Crippen molar-refractivity contribution in [1.82, 2.24) is 19.5 Å². The second-order valence-electron chi connectivity index (χ2n) is 12.8. The molecule has 0 saturated heterocycles. The fraction of sp³-hybridized carbons (Fsp3) is 0. The minimum absolute atomic E-state index is 0.602. The highest BCUT2D eigenvalue weighted by atomic mass is 15.2. The molecule has 10 aromatic rings. The molecule has 4 nitrogen and oxygen atoms in total. The molecular weight excluding hydrogens is 597 g/mol. The first-order valence-electron chi connectivity index (χ1n) is 16.6. The highest BCUT2D eigenvalue weighted by molar-refractivity contribution is 6.30. The third-order valence-corrected chi connectivity index (χ3v) is 10.2. The maximum absolute atomic E-state index is 5.28. The van der Waals surface area contributed by atoms with Crippen molar-refractivity contribution < 1.29 is 0 Å². The van der Waals surface area contributed by atoms with Crippen molar-refractivity contribution in [3.05, 3.63) is 158 Å². The van der Waals surface area contributed by atoms with Crippen LogP contribution in [-0.2, 0) is 0 Å². The molecule has 11 rings (SSSR count). The summed E-state index contributed by atoms with van der Waals surface area (Å²) in [5.74, 6) is 1.89. The van der Waals surface area contributed by atoms with Crippen LogP contribution in [0.15, 0.2) is 158 Å². The molecule has 0 amide bonds. The van der Waals surface area contributed by atoms with Crippen molar-refractivity contribution in [2.75, 3.05) is 0 Å². The predicted octanol–water partition coefficient (Wildman–Crippen LogP) is 11.4. The number of hydrogen-bond donors (Lipinski definition) is 0. The van der Waals surface area contributed by atoms with Gasteiger partial charge in [0, 0.05) is 21.9 Å². The molecule has 0 unspecified atom stereocenters. The highest BCUT2D eigenvalue weighted by Crippen LogP contribution is 2.49. The van der Waals surface area contributed by atoms with Gasteiger partial charge >= 0.3 is 0 Å². The number of aromatic nitrogens is 4. The van der Waals surface area contributed by atoms with Crippen LogP contribution >= 0.6 is 0 Å². The normalized spacial score (nSPS) is 12.1. The van der Waals surface area contributed by atoms with Gasteiger partial charge in [0.2, 0.25) is 5.95 Å². The summed E-state index contributed by atoms with van der Waals surface area (Å²) in [5, 5.41) is 9.78. The number of hydrogen-bond acceptors (Lipinski definition) is 3. The molecule has 2 aromatic heterocycles. The van der Waals surface area contributed by atoms with Gasteiger partial charge in [-0.3, -0.25) is 4.57 Å². The van der Waals surface area contributed by atoms with Gasteiger partial charge in [0.25, 0.3) is 0 Å². The molecule has 226 valence electrons. The van der Waals surface area contributed by atoms with Crippen LogP contribution in [-0.4, -0.2) is 19.5 Å². The Morgan fingerprint density at radius 2 is 0.959 bits per heavy atom. The van der Waals surface area contributed by atoms with Crippen LogP contribution in [0.3, 0.4) is 0 Å². The SMILES string of the molecule is c1ccc(-c2nc(-c3ccc4c(ccc5ccccc54)c3)nc(-n3c4cccc5c4c4c6c(cccc6ccc43)-c3ccccc3-5)n2)cc1. The van der Waals surface area contributed by atoms with E-state index in [2.05, 4.69) is 144 Å². The van der Waals surface area contributed by atoms with E-state index in [0.717, 1.165) is 27.5 Å². The van der Waals surface area contributed by atoms with E-state index in [-0.39, 0.29) is 0 Å². The second-order valence-corrected chi connectivity index (χ2v) is 12.8. The average molecular weight is 623 g/mol. The summed E-state index contributed by atoms with van der Waals surface area (Å²) in [6, 6.07) is 56.1. The van der Waals surface area contributed by atoms with E-state index in [0.29, 0.717) is 17.6 Å². The summed E-state index contributed by atoms with van der Waals surface area (Å²) in [7, 11) is 0. The van der Waals surface area contributed by atoms with Crippen LogP contribution in [0.4, 0.5) is 0 Å². The maximum atomic E-state index is 5.28. The van der Waals surface area contributed by atoms with Crippen molar-refractivity contribution in [1.29, 1.82) is 0 Å². The Bertz CT molecular complexity index is 2990. The van der Waals surface area contributed by atoms with Crippen molar-refractivity contribution >= 4 is 54.1 Å². The van der Waals surface area contributed by atoms with Gasteiger partial charge in [0.05, 0.1) is 11.0 Å². The molecular formula is C45H26N4. The second kappa shape index (κ2) is 9.93. The lowest BCUT2D eigenvalue weighted by Gasteiger charge is -2.14. The topological polar surface area (TPSA) is 43.6 Å². The molecule has 0 radical (unpaired) electrons. The Balaban J connectivity index is 1.23. The Kier molecular flexibility index (Phi) is 5.35. The van der Waals surface area contributed by atoms with Crippen molar-refractivity contribution in [3.63, 3.8) is 0 Å². The molecule has 0 saturated carbocycles. The monoisotopic (exact) mass is 622 g/mol. The lowest BCUT2D eigenvalue weighted by atomic mass is 9.93. The van der Waals surface area contributed by atoms with Gasteiger partial charge in [0.1, 0.15) is 0 Å². The minimum atomic E-state index is 0.602. The van der Waals surface area contributed by atoms with Crippen LogP contribution in [0.5, 0.6) is 0 Å². The van der Waals surface area contributed by atoms with Crippen LogP contribution in [0.1, 0.15) is 0 Å². The number of fused-ring (bicyclic) bond motifs is 6. The van der Waals surface area contributed by atoms with E-state index in [1.807, 2.05) is 18.2 Å². The molecule has 4 heteroatoms. The van der Waals surface area contributed by atoms with Crippen LogP contribution < -0.4 is 0 Å². The van der Waals surface area contributed by atoms with Crippen molar-refractivity contribution in [2.24, 2.45) is 0 Å². The van der Waals surface area contributed by atoms with Gasteiger partial charge in [0.15, 0.2) is 11.6 Å². The smallest absolute Gasteiger partial charge is 0.238 e. The zero-order valence-electron chi connectivity index (χ0n) is 26.3. The predicted molar refractivity (Wildman–Crippen MR) is 202 cm³/mol. The first-order valence-corrected chi connectivity index (χ1v) is 16.6. The molecule has 0 atom stereocenters. The van der Waals surface area contributed by atoms with E-state index in [9.17, 15) is 0 Å². The van der Waals surface area contributed by atoms with Gasteiger partial charge in [-0.1, -0.05) is 140 Å². The Labute approximate surface area is 281 Å². The fourth-order valence-corrected chi connectivity index (χ4v) is 8.01. The first-order chi connectivity index (χ1) is 24.3. The molecule has 49 heavy (non-hydrogen) atoms. The molecule has 1 aliphatic rings. The van der Waals surface area contributed by atoms with E-state index < -0.39 is 0 Å². The number of rotatable bonds is 3. The average Bonchev–Trinajstić information content (AvgIpc) is 3.46. The van der Waals surface area contributed by atoms with Crippen molar-refractivity contribution in [3.8, 4) is 51.0 Å². The number of nitrogens with zero attached hydrogens (tertiary/aromatic N) is 4. The van der Waals surface area contributed by atoms with Gasteiger partial charge in [-0.25, -0.2) is 4.98 Å². The Morgan fingerprint density at radius 1 is 0.347 bits per heavy atom. The molecule has 0 aliphatic heterocycles. The van der Waals surface area contributed by atoms with Gasteiger partial charge in [-0.2, -0.15) is 9.97 Å². The zero-order chi connectivity index (χ0) is 32.1. The summed E-state index contributed by atoms with van der Waals surface area (Å²) in [4.78, 5) is 15.6. The Morgan fingerprint density at radius 3 is 1.82 bits per heavy atom. The van der Waals surface area contributed by atoms with Gasteiger partial charge in [-0.15, -0.1) is 0 Å². The van der Waals surface area contributed by atoms with E-state index >= 15 is 0 Å². The maximum Gasteiger partial charge on any atom is 0.238 e. The van der Waals surface area contributed by atoms with E-state index in [1.54, 1.807) is 0 Å². The van der Waals surface area contributed by atoms with Crippen LogP contribution in [0, 0.1) is 0 Å². The third kappa shape index (κ3) is 3.77. The largest absolute Gasteiger partial charge is 0.278 e. The Hall–Kier alpha value is -6.65. The quantitative estimate of drug-likeness (QED) is 0.184. The third-order valence-electron chi connectivity index (χ3n) is 10.2. The fourth-order valence-electron chi connectivity index (χ4n) is 8.01. The molecule has 0 N–H and O–H groups in total. The number of benzene rings is 8. The van der Waals surface area contributed by atoms with E-state index in [1.165, 1.54) is 60.0 Å². The standard InChI is InChI=1S/C45H26N4/c1-2-11-29(12-3-1)43-46-44(31-22-24-33-30(26-31)21-20-27-10-4-5-14-32(27)33)48-45(47-43)49-38-19-9-18-37-35-16-7-6-15-34(35)36-17-8-13-28-23-25-39(49)42(40(28)36)41(37)38/h1-26H. The van der Waals surface area contributed by atoms with Gasteiger partial charge < -0.3 is 0 Å².